The number of nitrogens with one attached hydrogen (secondary N) is 2. The van der Waals surface area contributed by atoms with Gasteiger partial charge >= 0.3 is 0 Å². The Morgan fingerprint density at radius 3 is 2.64 bits per heavy atom. The molecule has 1 aromatic rings. The molecule has 0 spiro atoms. The van der Waals surface area contributed by atoms with Crippen molar-refractivity contribution >= 4 is 15.9 Å². The van der Waals surface area contributed by atoms with Crippen molar-refractivity contribution in [1.82, 2.24) is 14.9 Å². The molecule has 1 aromatic heterocycles. The molecule has 8 heteroatoms. The third kappa shape index (κ3) is 3.68. The monoisotopic (exact) mass is 329 g/mol. The van der Waals surface area contributed by atoms with Crippen molar-refractivity contribution < 1.29 is 17.6 Å². The Bertz CT molecular complexity index is 618. The van der Waals surface area contributed by atoms with Crippen LogP contribution < -0.4 is 10.6 Å². The van der Waals surface area contributed by atoms with Gasteiger partial charge in [0.25, 0.3) is 5.91 Å². The third-order valence-corrected chi connectivity index (χ3v) is 5.67. The van der Waals surface area contributed by atoms with E-state index in [1.54, 1.807) is 6.92 Å². The average Bonchev–Trinajstić information content (AvgIpc) is 3.13. The normalized spacial score (nSPS) is 16.1. The number of furan rings is 1. The summed E-state index contributed by atoms with van der Waals surface area (Å²) in [6.45, 7) is 3.93. The molecule has 0 radical (unpaired) electrons. The minimum absolute atomic E-state index is 0.0414. The number of carbonyl (C=O) groups is 1. The zero-order valence-corrected chi connectivity index (χ0v) is 13.8. The van der Waals surface area contributed by atoms with Crippen molar-refractivity contribution in [2.45, 2.75) is 31.1 Å². The van der Waals surface area contributed by atoms with E-state index in [4.69, 9.17) is 4.42 Å². The Kier molecular flexibility index (Phi) is 5.60. The largest absolute Gasteiger partial charge is 0.455 e. The Morgan fingerprint density at radius 2 is 2.00 bits per heavy atom. The molecule has 124 valence electrons. The van der Waals surface area contributed by atoms with E-state index in [2.05, 4.69) is 10.6 Å². The molecule has 0 unspecified atom stereocenters. The molecular formula is C14H23N3O4S. The van der Waals surface area contributed by atoms with Gasteiger partial charge in [0.15, 0.2) is 5.76 Å². The first-order valence-electron chi connectivity index (χ1n) is 7.50. The fourth-order valence-corrected chi connectivity index (χ4v) is 4.13. The molecule has 1 amide bonds. The Morgan fingerprint density at radius 1 is 1.32 bits per heavy atom. The highest BCUT2D eigenvalue weighted by atomic mass is 32.2. The molecule has 0 atom stereocenters. The van der Waals surface area contributed by atoms with Gasteiger partial charge in [0.05, 0.1) is 0 Å². The summed E-state index contributed by atoms with van der Waals surface area (Å²) in [5.41, 5.74) is 0. The number of aryl methyl sites for hydroxylation is 1. The van der Waals surface area contributed by atoms with Crippen molar-refractivity contribution in [3.8, 4) is 0 Å². The number of hydrogen-bond donors (Lipinski definition) is 2. The third-order valence-electron chi connectivity index (χ3n) is 3.67. The van der Waals surface area contributed by atoms with E-state index in [1.165, 1.54) is 10.4 Å². The summed E-state index contributed by atoms with van der Waals surface area (Å²) in [6.07, 6.45) is 2.53. The van der Waals surface area contributed by atoms with Gasteiger partial charge in [0, 0.05) is 25.7 Å². The van der Waals surface area contributed by atoms with Crippen LogP contribution in [0.4, 0.5) is 0 Å². The average molecular weight is 329 g/mol. The maximum Gasteiger partial charge on any atom is 0.287 e. The summed E-state index contributed by atoms with van der Waals surface area (Å²) in [5, 5.41) is 5.70. The molecule has 2 heterocycles. The second kappa shape index (κ2) is 7.26. The van der Waals surface area contributed by atoms with Crippen molar-refractivity contribution in [3.05, 3.63) is 17.6 Å². The summed E-state index contributed by atoms with van der Waals surface area (Å²) >= 11 is 0. The summed E-state index contributed by atoms with van der Waals surface area (Å²) in [7, 11) is -1.72. The molecule has 1 aliphatic rings. The lowest BCUT2D eigenvalue weighted by Gasteiger charge is -2.14. The molecule has 2 rings (SSSR count). The van der Waals surface area contributed by atoms with Gasteiger partial charge in [-0.3, -0.25) is 4.79 Å². The van der Waals surface area contributed by atoms with Gasteiger partial charge in [0.1, 0.15) is 10.7 Å². The summed E-state index contributed by atoms with van der Waals surface area (Å²) in [5.74, 6) is -0.0888. The number of hydrogen-bond acceptors (Lipinski definition) is 5. The maximum absolute atomic E-state index is 12.5. The molecular weight excluding hydrogens is 306 g/mol. The van der Waals surface area contributed by atoms with Crippen LogP contribution in [-0.2, 0) is 10.0 Å². The van der Waals surface area contributed by atoms with Crippen LogP contribution in [0.2, 0.25) is 0 Å². The molecule has 0 bridgehead atoms. The van der Waals surface area contributed by atoms with Gasteiger partial charge in [-0.1, -0.05) is 0 Å². The highest BCUT2D eigenvalue weighted by molar-refractivity contribution is 7.89. The lowest BCUT2D eigenvalue weighted by molar-refractivity contribution is 0.0924. The van der Waals surface area contributed by atoms with Gasteiger partial charge in [-0.2, -0.15) is 4.31 Å². The number of nitrogens with zero attached hydrogens (tertiary/aromatic N) is 1. The van der Waals surface area contributed by atoms with Crippen LogP contribution in [0.5, 0.6) is 0 Å². The summed E-state index contributed by atoms with van der Waals surface area (Å²) in [6, 6.07) is 1.33. The molecule has 1 saturated heterocycles. The van der Waals surface area contributed by atoms with E-state index in [1.807, 2.05) is 7.05 Å². The van der Waals surface area contributed by atoms with Crippen molar-refractivity contribution in [2.75, 3.05) is 33.2 Å². The fourth-order valence-electron chi connectivity index (χ4n) is 2.46. The van der Waals surface area contributed by atoms with Gasteiger partial charge in [-0.05, 0) is 39.8 Å². The summed E-state index contributed by atoms with van der Waals surface area (Å²) < 4.78 is 31.8. The number of amides is 1. The first-order valence-corrected chi connectivity index (χ1v) is 8.94. The van der Waals surface area contributed by atoms with Gasteiger partial charge in [-0.15, -0.1) is 0 Å². The molecule has 7 nitrogen and oxygen atoms in total. The van der Waals surface area contributed by atoms with Gasteiger partial charge in [-0.25, -0.2) is 8.42 Å². The zero-order valence-electron chi connectivity index (χ0n) is 13.0. The minimum atomic E-state index is -3.56. The number of rotatable bonds is 7. The molecule has 2 N–H and O–H groups in total. The predicted octanol–water partition coefficient (Wildman–Crippen LogP) is 0.712. The van der Waals surface area contributed by atoms with Crippen LogP contribution in [-0.4, -0.2) is 51.9 Å². The SMILES string of the molecule is CNCCCNC(=O)c1cc(S(=O)(=O)N2CCCC2)c(C)o1. The first kappa shape index (κ1) is 17.0. The van der Waals surface area contributed by atoms with Crippen LogP contribution in [0.15, 0.2) is 15.4 Å². The molecule has 0 aliphatic carbocycles. The van der Waals surface area contributed by atoms with Crippen LogP contribution in [0.3, 0.4) is 0 Å². The topological polar surface area (TPSA) is 91.6 Å². The van der Waals surface area contributed by atoms with E-state index >= 15 is 0 Å². The van der Waals surface area contributed by atoms with E-state index in [-0.39, 0.29) is 22.3 Å². The molecule has 22 heavy (non-hydrogen) atoms. The van der Waals surface area contributed by atoms with E-state index in [9.17, 15) is 13.2 Å². The van der Waals surface area contributed by atoms with E-state index in [0.29, 0.717) is 19.6 Å². The van der Waals surface area contributed by atoms with E-state index in [0.717, 1.165) is 25.8 Å². The Hall–Kier alpha value is -1.38. The van der Waals surface area contributed by atoms with Crippen LogP contribution in [0, 0.1) is 6.92 Å². The maximum atomic E-state index is 12.5. The van der Waals surface area contributed by atoms with Crippen molar-refractivity contribution in [2.24, 2.45) is 0 Å². The van der Waals surface area contributed by atoms with Crippen LogP contribution >= 0.6 is 0 Å². The van der Waals surface area contributed by atoms with Crippen molar-refractivity contribution in [3.63, 3.8) is 0 Å². The second-order valence-electron chi connectivity index (χ2n) is 5.36. The van der Waals surface area contributed by atoms with E-state index < -0.39 is 10.0 Å². The zero-order chi connectivity index (χ0) is 16.2. The molecule has 0 aromatic carbocycles. The van der Waals surface area contributed by atoms with Crippen LogP contribution in [0.25, 0.3) is 0 Å². The summed E-state index contributed by atoms with van der Waals surface area (Å²) in [4.78, 5) is 12.1. The smallest absolute Gasteiger partial charge is 0.287 e. The predicted molar refractivity (Wildman–Crippen MR) is 82.3 cm³/mol. The van der Waals surface area contributed by atoms with Gasteiger partial charge < -0.3 is 15.1 Å². The minimum Gasteiger partial charge on any atom is -0.455 e. The molecule has 1 aliphatic heterocycles. The standard InChI is InChI=1S/C14H23N3O4S/c1-11-13(22(19,20)17-8-3-4-9-17)10-12(21-11)14(18)16-7-5-6-15-2/h10,15H,3-9H2,1-2H3,(H,16,18). The lowest BCUT2D eigenvalue weighted by atomic mass is 10.3. The number of carbonyl (C=O) groups excluding carboxylic acids is 1. The molecule has 0 saturated carbocycles. The van der Waals surface area contributed by atoms with Crippen LogP contribution in [0.1, 0.15) is 35.6 Å². The number of sulfonamides is 1. The highest BCUT2D eigenvalue weighted by Gasteiger charge is 2.31. The lowest BCUT2D eigenvalue weighted by Crippen LogP contribution is -2.28. The fraction of sp³-hybridized carbons (Fsp3) is 0.643. The Labute approximate surface area is 131 Å². The van der Waals surface area contributed by atoms with Crippen molar-refractivity contribution in [1.29, 1.82) is 0 Å². The molecule has 1 fully saturated rings. The quantitative estimate of drug-likeness (QED) is 0.719. The van der Waals surface area contributed by atoms with Gasteiger partial charge in [0.2, 0.25) is 10.0 Å². The Balaban J connectivity index is 2.09. The second-order valence-corrected chi connectivity index (χ2v) is 7.26. The first-order chi connectivity index (χ1) is 10.5. The highest BCUT2D eigenvalue weighted by Crippen LogP contribution is 2.26.